The van der Waals surface area contributed by atoms with Crippen LogP contribution in [0.4, 0.5) is 13.2 Å². The Balaban J connectivity index is 2.63. The number of methoxy groups -OCH3 is 1. The van der Waals surface area contributed by atoms with Crippen molar-refractivity contribution in [3.05, 3.63) is 64.0 Å². The molecule has 0 aromatic heterocycles. The number of hydrogen-bond donors (Lipinski definition) is 1. The minimum absolute atomic E-state index is 0.257. The zero-order valence-electron chi connectivity index (χ0n) is 11.9. The lowest BCUT2D eigenvalue weighted by molar-refractivity contribution is 0.203. The predicted octanol–water partition coefficient (Wildman–Crippen LogP) is 3.81. The van der Waals surface area contributed by atoms with E-state index in [-0.39, 0.29) is 5.56 Å². The molecule has 0 aliphatic heterocycles. The average molecular weight is 296 g/mol. The van der Waals surface area contributed by atoms with Gasteiger partial charge in [0.2, 0.25) is 0 Å². The third-order valence-corrected chi connectivity index (χ3v) is 3.30. The Labute approximate surface area is 120 Å². The SMILES string of the molecule is COc1cc(C)cc(C)c1C(O)c1c(F)cc(F)cc1F. The van der Waals surface area contributed by atoms with E-state index in [2.05, 4.69) is 0 Å². The maximum Gasteiger partial charge on any atom is 0.135 e. The number of rotatable bonds is 3. The maximum absolute atomic E-state index is 13.8. The van der Waals surface area contributed by atoms with Crippen molar-refractivity contribution in [2.75, 3.05) is 7.11 Å². The quantitative estimate of drug-likeness (QED) is 0.933. The molecule has 0 aliphatic carbocycles. The van der Waals surface area contributed by atoms with E-state index in [4.69, 9.17) is 4.74 Å². The van der Waals surface area contributed by atoms with Gasteiger partial charge in [-0.2, -0.15) is 0 Å². The first-order valence-electron chi connectivity index (χ1n) is 6.32. The minimum atomic E-state index is -1.58. The van der Waals surface area contributed by atoms with E-state index in [1.807, 2.05) is 6.92 Å². The lowest BCUT2D eigenvalue weighted by Gasteiger charge is -2.19. The van der Waals surface area contributed by atoms with Crippen molar-refractivity contribution in [3.63, 3.8) is 0 Å². The summed E-state index contributed by atoms with van der Waals surface area (Å²) in [4.78, 5) is 0. The molecule has 0 fully saturated rings. The van der Waals surface area contributed by atoms with E-state index in [9.17, 15) is 18.3 Å². The van der Waals surface area contributed by atoms with Crippen molar-refractivity contribution in [1.29, 1.82) is 0 Å². The van der Waals surface area contributed by atoms with Crippen molar-refractivity contribution < 1.29 is 23.0 Å². The highest BCUT2D eigenvalue weighted by molar-refractivity contribution is 5.48. The molecular weight excluding hydrogens is 281 g/mol. The molecular formula is C16H15F3O2. The smallest absolute Gasteiger partial charge is 0.135 e. The number of aliphatic hydroxyl groups excluding tert-OH is 1. The number of aliphatic hydroxyl groups is 1. The second kappa shape index (κ2) is 5.77. The lowest BCUT2D eigenvalue weighted by atomic mass is 9.94. The van der Waals surface area contributed by atoms with Gasteiger partial charge in [-0.25, -0.2) is 13.2 Å². The molecule has 2 aromatic rings. The fourth-order valence-corrected chi connectivity index (χ4v) is 2.42. The molecule has 1 atom stereocenters. The minimum Gasteiger partial charge on any atom is -0.496 e. The molecule has 5 heteroatoms. The van der Waals surface area contributed by atoms with Crippen molar-refractivity contribution in [3.8, 4) is 5.75 Å². The van der Waals surface area contributed by atoms with Crippen LogP contribution in [0.25, 0.3) is 0 Å². The largest absolute Gasteiger partial charge is 0.496 e. The molecule has 1 N–H and O–H groups in total. The lowest BCUT2D eigenvalue weighted by Crippen LogP contribution is -2.10. The third-order valence-electron chi connectivity index (χ3n) is 3.30. The van der Waals surface area contributed by atoms with Crippen LogP contribution in [0.1, 0.15) is 28.4 Å². The van der Waals surface area contributed by atoms with Gasteiger partial charge in [-0.1, -0.05) is 6.07 Å². The normalized spacial score (nSPS) is 12.3. The van der Waals surface area contributed by atoms with E-state index in [0.717, 1.165) is 5.56 Å². The Morgan fingerprint density at radius 1 is 0.952 bits per heavy atom. The van der Waals surface area contributed by atoms with E-state index in [0.29, 0.717) is 23.4 Å². The summed E-state index contributed by atoms with van der Waals surface area (Å²) in [6.07, 6.45) is -1.58. The van der Waals surface area contributed by atoms with Crippen LogP contribution in [0.15, 0.2) is 24.3 Å². The predicted molar refractivity (Wildman–Crippen MR) is 72.8 cm³/mol. The molecule has 0 saturated heterocycles. The molecule has 2 rings (SSSR count). The van der Waals surface area contributed by atoms with Gasteiger partial charge in [-0.15, -0.1) is 0 Å². The molecule has 112 valence electrons. The Hall–Kier alpha value is -2.01. The van der Waals surface area contributed by atoms with Crippen LogP contribution in [-0.4, -0.2) is 12.2 Å². The standard InChI is InChI=1S/C16H15F3O2/c1-8-4-9(2)14(13(5-8)21-3)16(20)15-11(18)6-10(17)7-12(15)19/h4-7,16,20H,1-3H3. The molecule has 21 heavy (non-hydrogen) atoms. The molecule has 0 radical (unpaired) electrons. The highest BCUT2D eigenvalue weighted by Crippen LogP contribution is 2.36. The summed E-state index contributed by atoms with van der Waals surface area (Å²) < 4.78 is 45.8. The van der Waals surface area contributed by atoms with Gasteiger partial charge in [-0.05, 0) is 31.0 Å². The van der Waals surface area contributed by atoms with Gasteiger partial charge < -0.3 is 9.84 Å². The highest BCUT2D eigenvalue weighted by atomic mass is 19.1. The van der Waals surface area contributed by atoms with Crippen molar-refractivity contribution in [1.82, 2.24) is 0 Å². The topological polar surface area (TPSA) is 29.5 Å². The van der Waals surface area contributed by atoms with Gasteiger partial charge >= 0.3 is 0 Å². The maximum atomic E-state index is 13.8. The molecule has 1 unspecified atom stereocenters. The molecule has 0 spiro atoms. The molecule has 0 amide bonds. The van der Waals surface area contributed by atoms with E-state index in [1.54, 1.807) is 19.1 Å². The molecule has 2 nitrogen and oxygen atoms in total. The first kappa shape index (κ1) is 15.4. The molecule has 0 aliphatic rings. The fraction of sp³-hybridized carbons (Fsp3) is 0.250. The number of ether oxygens (including phenoxy) is 1. The molecule has 0 heterocycles. The molecule has 0 bridgehead atoms. The number of benzene rings is 2. The van der Waals surface area contributed by atoms with Crippen LogP contribution < -0.4 is 4.74 Å². The number of hydrogen-bond acceptors (Lipinski definition) is 2. The Bertz CT molecular complexity index is 660. The second-order valence-electron chi connectivity index (χ2n) is 4.88. The van der Waals surface area contributed by atoms with Crippen LogP contribution in [0.3, 0.4) is 0 Å². The van der Waals surface area contributed by atoms with Crippen LogP contribution in [0.2, 0.25) is 0 Å². The van der Waals surface area contributed by atoms with E-state index in [1.165, 1.54) is 7.11 Å². The summed E-state index contributed by atoms with van der Waals surface area (Å²) in [6, 6.07) is 4.50. The summed E-state index contributed by atoms with van der Waals surface area (Å²) >= 11 is 0. The van der Waals surface area contributed by atoms with E-state index < -0.39 is 29.1 Å². The van der Waals surface area contributed by atoms with Gasteiger partial charge in [0.1, 0.15) is 29.3 Å². The number of halogens is 3. The molecule has 0 saturated carbocycles. The summed E-state index contributed by atoms with van der Waals surface area (Å²) in [5, 5.41) is 10.3. The van der Waals surface area contributed by atoms with Crippen LogP contribution in [-0.2, 0) is 0 Å². The summed E-state index contributed by atoms with van der Waals surface area (Å²) in [5.74, 6) is -2.99. The summed E-state index contributed by atoms with van der Waals surface area (Å²) in [5.41, 5.74) is 1.18. The van der Waals surface area contributed by atoms with Crippen LogP contribution in [0.5, 0.6) is 5.75 Å². The average Bonchev–Trinajstić information content (AvgIpc) is 2.35. The van der Waals surface area contributed by atoms with Crippen LogP contribution in [0, 0.1) is 31.3 Å². The van der Waals surface area contributed by atoms with Gasteiger partial charge in [-0.3, -0.25) is 0 Å². The summed E-state index contributed by atoms with van der Waals surface area (Å²) in [7, 11) is 1.40. The summed E-state index contributed by atoms with van der Waals surface area (Å²) in [6.45, 7) is 3.54. The second-order valence-corrected chi connectivity index (χ2v) is 4.88. The first-order chi connectivity index (χ1) is 9.85. The van der Waals surface area contributed by atoms with Gasteiger partial charge in [0, 0.05) is 17.7 Å². The van der Waals surface area contributed by atoms with Gasteiger partial charge in [0.25, 0.3) is 0 Å². The zero-order chi connectivity index (χ0) is 15.7. The Kier molecular flexibility index (Phi) is 4.23. The van der Waals surface area contributed by atoms with Crippen molar-refractivity contribution in [2.24, 2.45) is 0 Å². The fourth-order valence-electron chi connectivity index (χ4n) is 2.42. The third kappa shape index (κ3) is 2.88. The first-order valence-corrected chi connectivity index (χ1v) is 6.32. The van der Waals surface area contributed by atoms with Gasteiger partial charge in [0.05, 0.1) is 12.7 Å². The monoisotopic (exact) mass is 296 g/mol. The van der Waals surface area contributed by atoms with Crippen LogP contribution >= 0.6 is 0 Å². The van der Waals surface area contributed by atoms with Crippen molar-refractivity contribution in [2.45, 2.75) is 20.0 Å². The van der Waals surface area contributed by atoms with Gasteiger partial charge in [0.15, 0.2) is 0 Å². The molecule has 2 aromatic carbocycles. The Morgan fingerprint density at radius 2 is 1.52 bits per heavy atom. The van der Waals surface area contributed by atoms with E-state index >= 15 is 0 Å². The Morgan fingerprint density at radius 3 is 2.05 bits per heavy atom. The van der Waals surface area contributed by atoms with Crippen molar-refractivity contribution >= 4 is 0 Å². The number of aryl methyl sites for hydroxylation is 2. The highest BCUT2D eigenvalue weighted by Gasteiger charge is 2.25. The zero-order valence-corrected chi connectivity index (χ0v) is 11.9.